The summed E-state index contributed by atoms with van der Waals surface area (Å²) in [5.41, 5.74) is -0.754. The number of furan rings is 1. The van der Waals surface area contributed by atoms with Crippen molar-refractivity contribution in [2.75, 3.05) is 19.7 Å². The number of carbonyl (C=O) groups excluding carboxylic acids is 1. The van der Waals surface area contributed by atoms with Gasteiger partial charge in [-0.1, -0.05) is 0 Å². The summed E-state index contributed by atoms with van der Waals surface area (Å²) in [5.74, 6) is -0.699. The third kappa shape index (κ3) is 2.92. The van der Waals surface area contributed by atoms with Crippen molar-refractivity contribution in [3.8, 4) is 0 Å². The number of halogens is 2. The normalized spacial score (nSPS) is 11.3. The Bertz CT molecular complexity index is 710. The van der Waals surface area contributed by atoms with Crippen LogP contribution in [0.4, 0.5) is 8.78 Å². The van der Waals surface area contributed by atoms with Crippen molar-refractivity contribution in [3.63, 3.8) is 0 Å². The minimum atomic E-state index is -2.75. The van der Waals surface area contributed by atoms with E-state index in [-0.39, 0.29) is 29.0 Å². The highest BCUT2D eigenvalue weighted by molar-refractivity contribution is 6.06. The minimum Gasteiger partial charge on any atom is -0.442 e. The fourth-order valence-corrected chi connectivity index (χ4v) is 2.03. The largest absolute Gasteiger partial charge is 0.442 e. The second-order valence-electron chi connectivity index (χ2n) is 4.31. The van der Waals surface area contributed by atoms with Crippen LogP contribution in [0.15, 0.2) is 15.5 Å². The molecule has 0 aromatic carbocycles. The van der Waals surface area contributed by atoms with Gasteiger partial charge in [0, 0.05) is 6.54 Å². The zero-order valence-corrected chi connectivity index (χ0v) is 11.1. The number of H-pyrrole nitrogens is 1. The Kier molecular flexibility index (Phi) is 4.32. The topological polar surface area (TPSA) is 99.4 Å². The summed E-state index contributed by atoms with van der Waals surface area (Å²) in [4.78, 5) is 31.0. The number of carbonyl (C=O) groups is 1. The summed E-state index contributed by atoms with van der Waals surface area (Å²) in [5, 5.41) is 8.80. The van der Waals surface area contributed by atoms with Gasteiger partial charge >= 0.3 is 0 Å². The number of aromatic amines is 1. The first-order valence-electron chi connectivity index (χ1n) is 6.10. The van der Waals surface area contributed by atoms with Gasteiger partial charge in [0.15, 0.2) is 0 Å². The number of rotatable bonds is 5. The fourth-order valence-electron chi connectivity index (χ4n) is 2.03. The number of nitrogens with zero attached hydrogens (tertiary/aromatic N) is 2. The van der Waals surface area contributed by atoms with Crippen LogP contribution in [-0.2, 0) is 0 Å². The van der Waals surface area contributed by atoms with Crippen molar-refractivity contribution >= 4 is 17.0 Å². The van der Waals surface area contributed by atoms with E-state index >= 15 is 0 Å². The standard InChI is InChI=1S/C12H13F2N3O4/c1-6-8(9-10(19)15-5-16-11(9)21-6)12(20)17(2-3-18)4-7(13)14/h5,7,18H,2-4H2,1H3,(H,15,16,19). The van der Waals surface area contributed by atoms with Crippen molar-refractivity contribution in [2.24, 2.45) is 0 Å². The van der Waals surface area contributed by atoms with E-state index in [0.717, 1.165) is 11.2 Å². The van der Waals surface area contributed by atoms with E-state index < -0.39 is 31.0 Å². The van der Waals surface area contributed by atoms with E-state index in [9.17, 15) is 18.4 Å². The Morgan fingerprint density at radius 2 is 2.29 bits per heavy atom. The monoisotopic (exact) mass is 301 g/mol. The van der Waals surface area contributed by atoms with E-state index in [1.807, 2.05) is 0 Å². The molecule has 7 nitrogen and oxygen atoms in total. The maximum atomic E-state index is 12.5. The van der Waals surface area contributed by atoms with Gasteiger partial charge in [0.2, 0.25) is 5.71 Å². The van der Waals surface area contributed by atoms with Crippen LogP contribution in [0.5, 0.6) is 0 Å². The number of hydrogen-bond donors (Lipinski definition) is 2. The van der Waals surface area contributed by atoms with Gasteiger partial charge < -0.3 is 19.4 Å². The van der Waals surface area contributed by atoms with Crippen LogP contribution in [0.3, 0.4) is 0 Å². The summed E-state index contributed by atoms with van der Waals surface area (Å²) in [6.45, 7) is -0.146. The molecule has 2 aromatic rings. The second kappa shape index (κ2) is 6.00. The Hall–Kier alpha value is -2.29. The summed E-state index contributed by atoms with van der Waals surface area (Å²) < 4.78 is 30.3. The van der Waals surface area contributed by atoms with Crippen molar-refractivity contribution in [2.45, 2.75) is 13.3 Å². The molecule has 9 heteroatoms. The SMILES string of the molecule is Cc1oc2nc[nH]c(=O)c2c1C(=O)N(CCO)CC(F)F. The molecule has 2 aromatic heterocycles. The molecule has 0 aliphatic rings. The third-order valence-corrected chi connectivity index (χ3v) is 2.90. The number of aromatic nitrogens is 2. The van der Waals surface area contributed by atoms with Gasteiger partial charge in [-0.3, -0.25) is 9.59 Å². The molecule has 0 aliphatic carbocycles. The Balaban J connectivity index is 2.51. The Morgan fingerprint density at radius 1 is 1.57 bits per heavy atom. The molecule has 0 unspecified atom stereocenters. The zero-order chi connectivity index (χ0) is 15.6. The molecule has 0 atom stereocenters. The highest BCUT2D eigenvalue weighted by atomic mass is 19.3. The molecule has 2 rings (SSSR count). The van der Waals surface area contributed by atoms with Crippen molar-refractivity contribution in [3.05, 3.63) is 28.0 Å². The zero-order valence-electron chi connectivity index (χ0n) is 11.1. The van der Waals surface area contributed by atoms with Gasteiger partial charge in [0.1, 0.15) is 11.1 Å². The minimum absolute atomic E-state index is 0.0411. The van der Waals surface area contributed by atoms with E-state index in [1.165, 1.54) is 6.92 Å². The number of aliphatic hydroxyl groups is 1. The van der Waals surface area contributed by atoms with Gasteiger partial charge in [-0.2, -0.15) is 0 Å². The first-order valence-corrected chi connectivity index (χ1v) is 6.10. The number of alkyl halides is 2. The molecular weight excluding hydrogens is 288 g/mol. The predicted octanol–water partition coefficient (Wildman–Crippen LogP) is 0.524. The molecule has 2 N–H and O–H groups in total. The van der Waals surface area contributed by atoms with E-state index in [0.29, 0.717) is 0 Å². The smallest absolute Gasteiger partial charge is 0.262 e. The van der Waals surface area contributed by atoms with E-state index in [4.69, 9.17) is 9.52 Å². The lowest BCUT2D eigenvalue weighted by Crippen LogP contribution is -2.37. The van der Waals surface area contributed by atoms with E-state index in [2.05, 4.69) is 9.97 Å². The molecule has 0 saturated carbocycles. The maximum Gasteiger partial charge on any atom is 0.262 e. The van der Waals surface area contributed by atoms with Crippen LogP contribution in [0.1, 0.15) is 16.1 Å². The summed E-state index contributed by atoms with van der Waals surface area (Å²) in [6, 6.07) is 0. The molecule has 0 aliphatic heterocycles. The highest BCUT2D eigenvalue weighted by Gasteiger charge is 2.27. The predicted molar refractivity (Wildman–Crippen MR) is 68.4 cm³/mol. The maximum absolute atomic E-state index is 12.5. The van der Waals surface area contributed by atoms with Gasteiger partial charge in [-0.25, -0.2) is 13.8 Å². The number of fused-ring (bicyclic) bond motifs is 1. The summed E-state index contributed by atoms with van der Waals surface area (Å²) in [6.07, 6.45) is -1.64. The van der Waals surface area contributed by atoms with Crippen LogP contribution in [0.2, 0.25) is 0 Å². The lowest BCUT2D eigenvalue weighted by atomic mass is 10.1. The summed E-state index contributed by atoms with van der Waals surface area (Å²) in [7, 11) is 0. The molecule has 0 spiro atoms. The molecular formula is C12H13F2N3O4. The molecule has 0 saturated heterocycles. The first-order chi connectivity index (χ1) is 9.95. The van der Waals surface area contributed by atoms with Gasteiger partial charge in [-0.05, 0) is 6.92 Å². The number of hydrogen-bond acceptors (Lipinski definition) is 5. The van der Waals surface area contributed by atoms with Gasteiger partial charge in [0.05, 0.1) is 25.0 Å². The van der Waals surface area contributed by atoms with Crippen LogP contribution in [0, 0.1) is 6.92 Å². The Morgan fingerprint density at radius 3 is 2.90 bits per heavy atom. The van der Waals surface area contributed by atoms with Crippen LogP contribution < -0.4 is 5.56 Å². The number of aliphatic hydroxyl groups excluding tert-OH is 1. The van der Waals surface area contributed by atoms with Gasteiger partial charge in [0.25, 0.3) is 17.9 Å². The molecule has 2 heterocycles. The molecule has 114 valence electrons. The van der Waals surface area contributed by atoms with Gasteiger partial charge in [-0.15, -0.1) is 0 Å². The van der Waals surface area contributed by atoms with E-state index in [1.54, 1.807) is 0 Å². The summed E-state index contributed by atoms with van der Waals surface area (Å²) >= 11 is 0. The quantitative estimate of drug-likeness (QED) is 0.839. The van der Waals surface area contributed by atoms with Crippen LogP contribution >= 0.6 is 0 Å². The molecule has 0 fully saturated rings. The first kappa shape index (κ1) is 15.1. The molecule has 1 amide bonds. The van der Waals surface area contributed by atoms with Crippen molar-refractivity contribution < 1.29 is 23.1 Å². The second-order valence-corrected chi connectivity index (χ2v) is 4.31. The molecule has 0 radical (unpaired) electrons. The third-order valence-electron chi connectivity index (χ3n) is 2.90. The average Bonchev–Trinajstić information content (AvgIpc) is 2.74. The molecule has 21 heavy (non-hydrogen) atoms. The fraction of sp³-hybridized carbons (Fsp3) is 0.417. The Labute approximate surface area is 117 Å². The number of amides is 1. The number of aryl methyl sites for hydroxylation is 1. The van der Waals surface area contributed by atoms with Crippen molar-refractivity contribution in [1.29, 1.82) is 0 Å². The average molecular weight is 301 g/mol. The number of nitrogens with one attached hydrogen (secondary N) is 1. The van der Waals surface area contributed by atoms with Crippen LogP contribution in [0.25, 0.3) is 11.1 Å². The lowest BCUT2D eigenvalue weighted by molar-refractivity contribution is 0.0509. The van der Waals surface area contributed by atoms with Crippen molar-refractivity contribution in [1.82, 2.24) is 14.9 Å². The molecule has 0 bridgehead atoms. The van der Waals surface area contributed by atoms with Crippen LogP contribution in [-0.4, -0.2) is 52.0 Å². The highest BCUT2D eigenvalue weighted by Crippen LogP contribution is 2.22. The lowest BCUT2D eigenvalue weighted by Gasteiger charge is -2.20.